The van der Waals surface area contributed by atoms with Crippen molar-refractivity contribution in [1.29, 1.82) is 0 Å². The first-order valence-electron chi connectivity index (χ1n) is 10.2. The number of likely N-dealkylation sites (tertiary alicyclic amines) is 1. The second-order valence-electron chi connectivity index (χ2n) is 7.96. The first kappa shape index (κ1) is 20.6. The van der Waals surface area contributed by atoms with Gasteiger partial charge in [-0.15, -0.1) is 11.8 Å². The maximum Gasteiger partial charge on any atom is 0.311 e. The topological polar surface area (TPSA) is 87.2 Å². The van der Waals surface area contributed by atoms with Crippen LogP contribution in [0.25, 0.3) is 0 Å². The summed E-state index contributed by atoms with van der Waals surface area (Å²) in [5, 5.41) is 9.82. The van der Waals surface area contributed by atoms with E-state index in [1.54, 1.807) is 35.2 Å². The molecule has 2 saturated heterocycles. The van der Waals surface area contributed by atoms with E-state index in [0.29, 0.717) is 17.3 Å². The number of ether oxygens (including phenoxy) is 1. The van der Waals surface area contributed by atoms with Crippen LogP contribution >= 0.6 is 23.4 Å². The smallest absolute Gasteiger partial charge is 0.311 e. The van der Waals surface area contributed by atoms with Crippen LogP contribution in [0.15, 0.2) is 48.6 Å². The Hall–Kier alpha value is -2.29. The lowest BCUT2D eigenvalue weighted by molar-refractivity contribution is -0.151. The largest absolute Gasteiger partial charge is 0.461 e. The fraction of sp³-hybridized carbons (Fsp3) is 0.409. The molecule has 0 radical (unpaired) electrons. The summed E-state index contributed by atoms with van der Waals surface area (Å²) in [6.45, 7) is 0.210. The Morgan fingerprint density at radius 1 is 1.19 bits per heavy atom. The fourth-order valence-electron chi connectivity index (χ4n) is 5.20. The van der Waals surface area contributed by atoms with Crippen LogP contribution < -0.4 is 4.90 Å². The van der Waals surface area contributed by atoms with Crippen molar-refractivity contribution in [2.24, 2.45) is 11.8 Å². The number of para-hydroxylation sites is 1. The van der Waals surface area contributed by atoms with E-state index in [0.717, 1.165) is 0 Å². The molecule has 0 aromatic heterocycles. The summed E-state index contributed by atoms with van der Waals surface area (Å²) in [6.07, 6.45) is 7.48. The number of esters is 1. The van der Waals surface area contributed by atoms with E-state index in [-0.39, 0.29) is 36.8 Å². The number of aliphatic hydroxyl groups excluding tert-OH is 1. The number of rotatable bonds is 3. The van der Waals surface area contributed by atoms with Crippen LogP contribution in [-0.4, -0.2) is 70.1 Å². The highest BCUT2D eigenvalue weighted by Gasteiger charge is 2.71. The number of carbonyl (C=O) groups is 3. The monoisotopic (exact) mass is 460 g/mol. The molecule has 5 atom stereocenters. The third-order valence-corrected chi connectivity index (χ3v) is 8.46. The standard InChI is InChI=1S/C22H21ClN2O5S/c23-13-5-1-2-6-14(13)24-9-4-8-22-17(16-15(31-22)7-3-12-30-21(16)29)19(27)25(10-11-26)18(22)20(24)28/h1-8,15-18,26H,9-12H2/t15-,16+,17+,18?,22+/m1/s1. The third-order valence-electron chi connectivity index (χ3n) is 6.40. The number of thioether (sulfide) groups is 1. The van der Waals surface area contributed by atoms with Gasteiger partial charge >= 0.3 is 5.97 Å². The van der Waals surface area contributed by atoms with E-state index in [4.69, 9.17) is 16.3 Å². The molecule has 1 aromatic rings. The van der Waals surface area contributed by atoms with Crippen LogP contribution in [0.2, 0.25) is 5.02 Å². The number of hydrogen-bond donors (Lipinski definition) is 1. The number of β-amino-alcohol motifs (C(OH)–C–C–N with tert-alkyl or cyclic N) is 1. The third kappa shape index (κ3) is 2.96. The molecule has 0 bridgehead atoms. The Morgan fingerprint density at radius 3 is 2.77 bits per heavy atom. The van der Waals surface area contributed by atoms with Crippen LogP contribution in [0.1, 0.15) is 0 Å². The van der Waals surface area contributed by atoms with Gasteiger partial charge < -0.3 is 19.6 Å². The van der Waals surface area contributed by atoms with Crippen molar-refractivity contribution in [2.45, 2.75) is 16.0 Å². The van der Waals surface area contributed by atoms with Gasteiger partial charge in [-0.1, -0.05) is 48.0 Å². The predicted molar refractivity (Wildman–Crippen MR) is 117 cm³/mol. The summed E-state index contributed by atoms with van der Waals surface area (Å²) in [7, 11) is 0. The number of halogens is 1. The first-order chi connectivity index (χ1) is 15.0. The molecule has 1 aromatic carbocycles. The van der Waals surface area contributed by atoms with Gasteiger partial charge in [-0.05, 0) is 12.1 Å². The molecule has 0 saturated carbocycles. The SMILES string of the molecule is O=C1OCC=C[C@H]2S[C@]34C=CCN(c5ccccc5Cl)C(=O)C3N(CCO)C(=O)[C@@H]4[C@@H]12. The van der Waals surface area contributed by atoms with Crippen molar-refractivity contribution in [1.82, 2.24) is 4.90 Å². The molecule has 4 aliphatic rings. The Labute approximate surface area is 188 Å². The summed E-state index contributed by atoms with van der Waals surface area (Å²) >= 11 is 7.84. The lowest BCUT2D eigenvalue weighted by Gasteiger charge is -2.35. The van der Waals surface area contributed by atoms with E-state index in [9.17, 15) is 19.5 Å². The molecule has 5 rings (SSSR count). The number of aliphatic hydroxyl groups is 1. The predicted octanol–water partition coefficient (Wildman–Crippen LogP) is 1.65. The highest BCUT2D eigenvalue weighted by molar-refractivity contribution is 8.02. The molecular formula is C22H21ClN2O5S. The molecule has 7 nitrogen and oxygen atoms in total. The van der Waals surface area contributed by atoms with E-state index in [1.807, 2.05) is 18.2 Å². The number of amides is 2. The molecule has 31 heavy (non-hydrogen) atoms. The van der Waals surface area contributed by atoms with Crippen LogP contribution in [-0.2, 0) is 19.1 Å². The summed E-state index contributed by atoms with van der Waals surface area (Å²) in [4.78, 5) is 43.2. The van der Waals surface area contributed by atoms with Crippen LogP contribution in [0, 0.1) is 11.8 Å². The van der Waals surface area contributed by atoms with Gasteiger partial charge in [-0.3, -0.25) is 14.4 Å². The molecule has 2 fully saturated rings. The van der Waals surface area contributed by atoms with Gasteiger partial charge in [0.25, 0.3) is 5.91 Å². The first-order valence-corrected chi connectivity index (χ1v) is 11.4. The lowest BCUT2D eigenvalue weighted by Crippen LogP contribution is -2.53. The summed E-state index contributed by atoms with van der Waals surface area (Å²) < 4.78 is 4.39. The van der Waals surface area contributed by atoms with Gasteiger partial charge in [0.05, 0.1) is 33.9 Å². The van der Waals surface area contributed by atoms with Crippen LogP contribution in [0.4, 0.5) is 5.69 Å². The second-order valence-corrected chi connectivity index (χ2v) is 9.85. The molecule has 1 unspecified atom stereocenters. The van der Waals surface area contributed by atoms with Crippen LogP contribution in [0.5, 0.6) is 0 Å². The van der Waals surface area contributed by atoms with Gasteiger partial charge in [-0.2, -0.15) is 0 Å². The molecular weight excluding hydrogens is 440 g/mol. The lowest BCUT2D eigenvalue weighted by atomic mass is 9.78. The number of anilines is 1. The Balaban J connectivity index is 1.63. The second kappa shape index (κ2) is 7.69. The van der Waals surface area contributed by atoms with Crippen molar-refractivity contribution in [3.63, 3.8) is 0 Å². The van der Waals surface area contributed by atoms with Crippen molar-refractivity contribution in [3.8, 4) is 0 Å². The average Bonchev–Trinajstić information content (AvgIpc) is 3.04. The zero-order valence-corrected chi connectivity index (χ0v) is 18.1. The van der Waals surface area contributed by atoms with Gasteiger partial charge in [0.1, 0.15) is 12.6 Å². The number of cyclic esters (lactones) is 1. The highest BCUT2D eigenvalue weighted by Crippen LogP contribution is 2.61. The van der Waals surface area contributed by atoms with Crippen molar-refractivity contribution in [2.75, 3.05) is 31.2 Å². The molecule has 9 heteroatoms. The molecule has 4 aliphatic heterocycles. The van der Waals surface area contributed by atoms with E-state index in [2.05, 4.69) is 0 Å². The number of hydrogen-bond acceptors (Lipinski definition) is 6. The molecule has 1 spiro atoms. The highest BCUT2D eigenvalue weighted by atomic mass is 35.5. The Kier molecular flexibility index (Phi) is 5.11. The quantitative estimate of drug-likeness (QED) is 0.545. The van der Waals surface area contributed by atoms with E-state index < -0.39 is 28.6 Å². The minimum absolute atomic E-state index is 0.0144. The average molecular weight is 461 g/mol. The molecule has 2 amide bonds. The molecule has 162 valence electrons. The zero-order chi connectivity index (χ0) is 21.8. The van der Waals surface area contributed by atoms with Crippen molar-refractivity contribution < 1.29 is 24.2 Å². The minimum atomic E-state index is -0.921. The maximum absolute atomic E-state index is 13.9. The van der Waals surface area contributed by atoms with Crippen molar-refractivity contribution >= 4 is 46.8 Å². The normalized spacial score (nSPS) is 34.2. The van der Waals surface area contributed by atoms with E-state index in [1.165, 1.54) is 16.7 Å². The summed E-state index contributed by atoms with van der Waals surface area (Å²) in [6, 6.07) is 6.21. The van der Waals surface area contributed by atoms with Gasteiger partial charge in [0.2, 0.25) is 5.91 Å². The van der Waals surface area contributed by atoms with Crippen LogP contribution in [0.3, 0.4) is 0 Å². The fourth-order valence-corrected chi connectivity index (χ4v) is 7.44. The van der Waals surface area contributed by atoms with Gasteiger partial charge in [0, 0.05) is 18.3 Å². The number of carbonyl (C=O) groups excluding carboxylic acids is 3. The summed E-state index contributed by atoms with van der Waals surface area (Å²) in [5.74, 6) is -2.41. The maximum atomic E-state index is 13.9. The van der Waals surface area contributed by atoms with E-state index >= 15 is 0 Å². The number of benzene rings is 1. The van der Waals surface area contributed by atoms with Crippen molar-refractivity contribution in [3.05, 3.63) is 53.6 Å². The summed E-state index contributed by atoms with van der Waals surface area (Å²) in [5.41, 5.74) is 0.562. The zero-order valence-electron chi connectivity index (χ0n) is 16.5. The molecule has 4 heterocycles. The molecule has 0 aliphatic carbocycles. The van der Waals surface area contributed by atoms with Gasteiger partial charge in [0.15, 0.2) is 0 Å². The van der Waals surface area contributed by atoms with Gasteiger partial charge in [-0.25, -0.2) is 0 Å². The number of nitrogens with zero attached hydrogens (tertiary/aromatic N) is 2. The minimum Gasteiger partial charge on any atom is -0.461 e. The Bertz CT molecular complexity index is 1010. The molecule has 1 N–H and O–H groups in total. The Morgan fingerprint density at radius 2 is 2.00 bits per heavy atom. The number of fused-ring (bicyclic) bond motifs is 2.